The van der Waals surface area contributed by atoms with E-state index in [2.05, 4.69) is 11.6 Å². The maximum atomic E-state index is 10.7. The number of carbonyl (C=O) groups excluding carboxylic acids is 2. The topological polar surface area (TPSA) is 65.0 Å². The van der Waals surface area contributed by atoms with Crippen LogP contribution in [-0.2, 0) is 19.1 Å². The lowest BCUT2D eigenvalue weighted by Gasteiger charge is -2.13. The van der Waals surface area contributed by atoms with Crippen LogP contribution in [0.4, 0.5) is 0 Å². The van der Waals surface area contributed by atoms with Gasteiger partial charge in [-0.05, 0) is 13.8 Å². The number of hydrogen-bond donors (Lipinski definition) is 0. The number of ether oxygens (including phenoxy) is 2. The van der Waals surface area contributed by atoms with Gasteiger partial charge in [-0.3, -0.25) is 0 Å². The molecule has 5 nitrogen and oxygen atoms in total. The van der Waals surface area contributed by atoms with E-state index in [1.807, 2.05) is 0 Å². The molecule has 2 unspecified atom stereocenters. The summed E-state index contributed by atoms with van der Waals surface area (Å²) in [5.74, 6) is -0.482. The van der Waals surface area contributed by atoms with E-state index in [1.165, 1.54) is 6.08 Å². The number of isocyanates is 1. The summed E-state index contributed by atoms with van der Waals surface area (Å²) in [5, 5.41) is 0. The minimum Gasteiger partial charge on any atom is -0.460 e. The molecule has 84 valence electrons. The Labute approximate surface area is 88.8 Å². The Balaban J connectivity index is 3.65. The zero-order valence-electron chi connectivity index (χ0n) is 8.93. The maximum absolute atomic E-state index is 10.7. The summed E-state index contributed by atoms with van der Waals surface area (Å²) < 4.78 is 10.0. The van der Waals surface area contributed by atoms with Crippen LogP contribution in [0.1, 0.15) is 13.8 Å². The molecule has 0 saturated carbocycles. The second-order valence-corrected chi connectivity index (χ2v) is 3.05. The molecule has 0 heterocycles. The largest absolute Gasteiger partial charge is 0.460 e. The van der Waals surface area contributed by atoms with E-state index < -0.39 is 5.97 Å². The van der Waals surface area contributed by atoms with Gasteiger partial charge in [-0.2, -0.15) is 0 Å². The predicted octanol–water partition coefficient (Wildman–Crippen LogP) is 0.845. The van der Waals surface area contributed by atoms with Gasteiger partial charge in [0.2, 0.25) is 6.08 Å². The van der Waals surface area contributed by atoms with E-state index in [9.17, 15) is 9.59 Å². The Hall–Kier alpha value is -1.45. The lowest BCUT2D eigenvalue weighted by molar-refractivity contribution is -0.141. The number of rotatable bonds is 7. The highest BCUT2D eigenvalue weighted by molar-refractivity contribution is 5.81. The molecule has 0 aromatic carbocycles. The lowest BCUT2D eigenvalue weighted by Crippen LogP contribution is -2.22. The van der Waals surface area contributed by atoms with Crippen molar-refractivity contribution < 1.29 is 19.1 Å². The van der Waals surface area contributed by atoms with Crippen molar-refractivity contribution in [2.24, 2.45) is 4.99 Å². The van der Waals surface area contributed by atoms with E-state index in [1.54, 1.807) is 13.8 Å². The molecule has 0 N–H and O–H groups in total. The standard InChI is InChI=1S/C10H15NO4/c1-4-10(13)15-6-9(3)14-5-8(2)11-7-12/h4,8-9H,1,5-6H2,2-3H3. The summed E-state index contributed by atoms with van der Waals surface area (Å²) in [6, 6.07) is -0.236. The van der Waals surface area contributed by atoms with Gasteiger partial charge in [0.15, 0.2) is 0 Å². The molecule has 15 heavy (non-hydrogen) atoms. The van der Waals surface area contributed by atoms with Crippen LogP contribution < -0.4 is 0 Å². The van der Waals surface area contributed by atoms with E-state index in [4.69, 9.17) is 9.47 Å². The Morgan fingerprint density at radius 3 is 2.73 bits per heavy atom. The molecule has 0 saturated heterocycles. The molecule has 2 atom stereocenters. The van der Waals surface area contributed by atoms with Crippen molar-refractivity contribution in [1.29, 1.82) is 0 Å². The Morgan fingerprint density at radius 1 is 1.53 bits per heavy atom. The van der Waals surface area contributed by atoms with Crippen LogP contribution in [0.2, 0.25) is 0 Å². The van der Waals surface area contributed by atoms with Gasteiger partial charge in [-0.1, -0.05) is 6.58 Å². The molecular weight excluding hydrogens is 198 g/mol. The van der Waals surface area contributed by atoms with Crippen molar-refractivity contribution >= 4 is 12.0 Å². The van der Waals surface area contributed by atoms with Gasteiger partial charge in [0.25, 0.3) is 0 Å². The number of nitrogens with zero attached hydrogens (tertiary/aromatic N) is 1. The van der Waals surface area contributed by atoms with Crippen LogP contribution in [-0.4, -0.2) is 37.4 Å². The molecule has 0 amide bonds. The quantitative estimate of drug-likeness (QED) is 0.272. The van der Waals surface area contributed by atoms with Gasteiger partial charge >= 0.3 is 5.97 Å². The average molecular weight is 213 g/mol. The third-order valence-electron chi connectivity index (χ3n) is 1.52. The first-order chi connectivity index (χ1) is 7.10. The smallest absolute Gasteiger partial charge is 0.330 e. The van der Waals surface area contributed by atoms with Crippen molar-refractivity contribution in [1.82, 2.24) is 0 Å². The van der Waals surface area contributed by atoms with E-state index in [-0.39, 0.29) is 18.8 Å². The monoisotopic (exact) mass is 213 g/mol. The van der Waals surface area contributed by atoms with Crippen LogP contribution in [0.15, 0.2) is 17.6 Å². The summed E-state index contributed by atoms with van der Waals surface area (Å²) in [6.07, 6.45) is 2.30. The molecule has 0 fully saturated rings. The molecule has 0 aromatic heterocycles. The molecular formula is C10H15NO4. The summed E-state index contributed by atoms with van der Waals surface area (Å²) in [7, 11) is 0. The van der Waals surface area contributed by atoms with Gasteiger partial charge < -0.3 is 9.47 Å². The second kappa shape index (κ2) is 7.91. The first-order valence-electron chi connectivity index (χ1n) is 4.58. The first-order valence-corrected chi connectivity index (χ1v) is 4.58. The summed E-state index contributed by atoms with van der Waals surface area (Å²) in [5.41, 5.74) is 0. The fourth-order valence-corrected chi connectivity index (χ4v) is 0.737. The number of esters is 1. The fraction of sp³-hybridized carbons (Fsp3) is 0.600. The third-order valence-corrected chi connectivity index (χ3v) is 1.52. The van der Waals surface area contributed by atoms with Crippen molar-refractivity contribution in [3.8, 4) is 0 Å². The predicted molar refractivity (Wildman–Crippen MR) is 54.2 cm³/mol. The van der Waals surface area contributed by atoms with Crippen LogP contribution in [0.3, 0.4) is 0 Å². The van der Waals surface area contributed by atoms with Gasteiger partial charge in [0.05, 0.1) is 18.8 Å². The minimum atomic E-state index is -0.482. The van der Waals surface area contributed by atoms with Crippen molar-refractivity contribution in [2.75, 3.05) is 13.2 Å². The van der Waals surface area contributed by atoms with Gasteiger partial charge in [-0.15, -0.1) is 0 Å². The lowest BCUT2D eigenvalue weighted by atomic mass is 10.4. The fourth-order valence-electron chi connectivity index (χ4n) is 0.737. The summed E-state index contributed by atoms with van der Waals surface area (Å²) in [6.45, 7) is 7.20. The van der Waals surface area contributed by atoms with E-state index in [0.29, 0.717) is 6.61 Å². The summed E-state index contributed by atoms with van der Waals surface area (Å²) >= 11 is 0. The highest BCUT2D eigenvalue weighted by Gasteiger charge is 2.07. The molecule has 5 heteroatoms. The Kier molecular flexibility index (Phi) is 7.14. The van der Waals surface area contributed by atoms with Crippen LogP contribution >= 0.6 is 0 Å². The zero-order valence-corrected chi connectivity index (χ0v) is 8.93. The molecule has 0 aliphatic rings. The van der Waals surface area contributed by atoms with Crippen LogP contribution in [0, 0.1) is 0 Å². The van der Waals surface area contributed by atoms with Crippen molar-refractivity contribution in [3.05, 3.63) is 12.7 Å². The molecule has 0 rings (SSSR count). The average Bonchev–Trinajstić information content (AvgIpc) is 2.23. The van der Waals surface area contributed by atoms with Gasteiger partial charge in [-0.25, -0.2) is 14.6 Å². The second-order valence-electron chi connectivity index (χ2n) is 3.05. The van der Waals surface area contributed by atoms with Crippen LogP contribution in [0.25, 0.3) is 0 Å². The molecule has 0 aliphatic heterocycles. The Bertz CT molecular complexity index is 258. The van der Waals surface area contributed by atoms with Crippen LogP contribution in [0.5, 0.6) is 0 Å². The van der Waals surface area contributed by atoms with E-state index >= 15 is 0 Å². The molecule has 0 aromatic rings. The number of aliphatic imine (C=N–C) groups is 1. The van der Waals surface area contributed by atoms with Gasteiger partial charge in [0, 0.05) is 6.08 Å². The van der Waals surface area contributed by atoms with Crippen molar-refractivity contribution in [3.63, 3.8) is 0 Å². The molecule has 0 bridgehead atoms. The van der Waals surface area contributed by atoms with E-state index in [0.717, 1.165) is 6.08 Å². The molecule has 0 radical (unpaired) electrons. The highest BCUT2D eigenvalue weighted by atomic mass is 16.6. The highest BCUT2D eigenvalue weighted by Crippen LogP contribution is 1.97. The number of carbonyl (C=O) groups is 1. The minimum absolute atomic E-state index is 0.155. The van der Waals surface area contributed by atoms with Gasteiger partial charge in [0.1, 0.15) is 6.61 Å². The Morgan fingerprint density at radius 2 is 2.20 bits per heavy atom. The summed E-state index contributed by atoms with van der Waals surface area (Å²) in [4.78, 5) is 24.0. The SMILES string of the molecule is C=CC(=O)OCC(C)OCC(C)N=C=O. The zero-order chi connectivity index (χ0) is 11.7. The normalized spacial score (nSPS) is 13.5. The first kappa shape index (κ1) is 13.5. The third kappa shape index (κ3) is 7.61. The number of hydrogen-bond acceptors (Lipinski definition) is 5. The van der Waals surface area contributed by atoms with Crippen molar-refractivity contribution in [2.45, 2.75) is 26.0 Å². The maximum Gasteiger partial charge on any atom is 0.330 e. The molecule has 0 aliphatic carbocycles. The molecule has 0 spiro atoms.